The maximum atomic E-state index is 11.8. The Morgan fingerprint density at radius 1 is 1.36 bits per heavy atom. The van der Waals surface area contributed by atoms with Crippen LogP contribution in [0.5, 0.6) is 0 Å². The van der Waals surface area contributed by atoms with Crippen LogP contribution in [0.15, 0.2) is 33.6 Å². The lowest BCUT2D eigenvalue weighted by Gasteiger charge is -2.05. The third-order valence-corrected chi connectivity index (χ3v) is 4.80. The summed E-state index contributed by atoms with van der Waals surface area (Å²) in [5, 5.41) is 9.26. The lowest BCUT2D eigenvalue weighted by atomic mass is 10.3. The van der Waals surface area contributed by atoms with Gasteiger partial charge in [0.25, 0.3) is 0 Å². The monoisotopic (exact) mass is 387 g/mol. The molecule has 0 atom stereocenters. The summed E-state index contributed by atoms with van der Waals surface area (Å²) in [5.74, 6) is -0.530. The number of sulfonamides is 1. The molecule has 0 fully saturated rings. The van der Waals surface area contributed by atoms with Gasteiger partial charge < -0.3 is 4.74 Å². The van der Waals surface area contributed by atoms with Crippen molar-refractivity contribution in [3.63, 3.8) is 0 Å². The largest absolute Gasteiger partial charge is 0.461 e. The molecule has 1 heterocycles. The molecule has 0 aliphatic carbocycles. The molecule has 7 nitrogen and oxygen atoms in total. The van der Waals surface area contributed by atoms with E-state index in [1.165, 1.54) is 16.8 Å². The van der Waals surface area contributed by atoms with Crippen molar-refractivity contribution >= 4 is 31.9 Å². The fourth-order valence-corrected chi connectivity index (χ4v) is 2.77. The molecule has 0 saturated heterocycles. The summed E-state index contributed by atoms with van der Waals surface area (Å²) in [4.78, 5) is 11.8. The van der Waals surface area contributed by atoms with E-state index in [1.54, 1.807) is 26.0 Å². The maximum Gasteiger partial charge on any atom is 0.360 e. The van der Waals surface area contributed by atoms with Crippen LogP contribution in [0.2, 0.25) is 0 Å². The molecule has 9 heteroatoms. The summed E-state index contributed by atoms with van der Waals surface area (Å²) in [6, 6.07) is 5.87. The number of primary sulfonamides is 1. The number of aromatic nitrogens is 2. The van der Waals surface area contributed by atoms with Crippen LogP contribution in [0.25, 0.3) is 5.69 Å². The topological polar surface area (TPSA) is 104 Å². The molecule has 0 spiro atoms. The van der Waals surface area contributed by atoms with Crippen molar-refractivity contribution in [3.05, 3.63) is 40.1 Å². The molecule has 2 rings (SSSR count). The van der Waals surface area contributed by atoms with Gasteiger partial charge in [0.15, 0.2) is 5.69 Å². The summed E-state index contributed by atoms with van der Waals surface area (Å²) >= 11 is 3.32. The molecule has 118 valence electrons. The van der Waals surface area contributed by atoms with Crippen LogP contribution in [-0.2, 0) is 14.8 Å². The molecule has 2 aromatic rings. The van der Waals surface area contributed by atoms with Gasteiger partial charge in [0, 0.05) is 0 Å². The van der Waals surface area contributed by atoms with Crippen LogP contribution >= 0.6 is 15.9 Å². The molecule has 1 aromatic carbocycles. The van der Waals surface area contributed by atoms with Crippen molar-refractivity contribution in [3.8, 4) is 5.69 Å². The Hall–Kier alpha value is -1.71. The molecule has 22 heavy (non-hydrogen) atoms. The number of nitrogens with two attached hydrogens (primary N) is 1. The van der Waals surface area contributed by atoms with E-state index in [9.17, 15) is 13.2 Å². The number of ether oxygens (including phenoxy) is 1. The van der Waals surface area contributed by atoms with E-state index < -0.39 is 16.0 Å². The number of carbonyl (C=O) groups excluding carboxylic acids is 1. The Kier molecular flexibility index (Phi) is 4.69. The van der Waals surface area contributed by atoms with Gasteiger partial charge >= 0.3 is 5.97 Å². The first-order valence-electron chi connectivity index (χ1n) is 6.31. The summed E-state index contributed by atoms with van der Waals surface area (Å²) in [7, 11) is -3.75. The summed E-state index contributed by atoms with van der Waals surface area (Å²) in [5.41, 5.74) is 1.45. The maximum absolute atomic E-state index is 11.8. The predicted octanol–water partition coefficient (Wildman–Crippen LogP) is 1.77. The number of rotatable bonds is 4. The Balaban J connectivity index is 2.45. The van der Waals surface area contributed by atoms with Gasteiger partial charge in [-0.1, -0.05) is 0 Å². The molecule has 0 amide bonds. The van der Waals surface area contributed by atoms with Gasteiger partial charge in [0.1, 0.15) is 0 Å². The average Bonchev–Trinajstić information content (AvgIpc) is 2.75. The second kappa shape index (κ2) is 6.19. The summed E-state index contributed by atoms with van der Waals surface area (Å²) in [6.07, 6.45) is 0. The van der Waals surface area contributed by atoms with Crippen LogP contribution in [0.1, 0.15) is 23.1 Å². The Morgan fingerprint density at radius 3 is 2.45 bits per heavy atom. The summed E-state index contributed by atoms with van der Waals surface area (Å²) < 4.78 is 29.5. The molecule has 2 N–H and O–H groups in total. The molecular formula is C13H14BrN3O4S. The Labute approximate surface area is 136 Å². The van der Waals surface area contributed by atoms with Crippen molar-refractivity contribution in [2.75, 3.05) is 6.61 Å². The highest BCUT2D eigenvalue weighted by atomic mass is 79.9. The zero-order chi connectivity index (χ0) is 16.5. The number of esters is 1. The third-order valence-electron chi connectivity index (χ3n) is 2.92. The molecule has 0 radical (unpaired) electrons. The van der Waals surface area contributed by atoms with Crippen LogP contribution in [0.4, 0.5) is 0 Å². The standard InChI is InChI=1S/C13H14BrN3O4S/c1-3-21-13(18)12-11(14)8(2)17(16-12)9-4-6-10(7-5-9)22(15,19)20/h4-7H,3H2,1-2H3,(H2,15,19,20). The average molecular weight is 388 g/mol. The van der Waals surface area contributed by atoms with E-state index in [1.807, 2.05) is 0 Å². The first-order valence-corrected chi connectivity index (χ1v) is 8.65. The molecule has 0 saturated carbocycles. The van der Waals surface area contributed by atoms with E-state index in [-0.39, 0.29) is 17.2 Å². The van der Waals surface area contributed by atoms with Crippen molar-refractivity contribution in [2.45, 2.75) is 18.7 Å². The van der Waals surface area contributed by atoms with E-state index in [0.717, 1.165) is 0 Å². The number of hydrogen-bond donors (Lipinski definition) is 1. The quantitative estimate of drug-likeness (QED) is 0.804. The zero-order valence-electron chi connectivity index (χ0n) is 11.9. The van der Waals surface area contributed by atoms with Crippen LogP contribution in [-0.4, -0.2) is 30.8 Å². The van der Waals surface area contributed by atoms with Gasteiger partial charge in [-0.15, -0.1) is 0 Å². The van der Waals surface area contributed by atoms with Crippen LogP contribution in [0, 0.1) is 6.92 Å². The van der Waals surface area contributed by atoms with E-state index >= 15 is 0 Å². The highest BCUT2D eigenvalue weighted by Crippen LogP contribution is 2.24. The Bertz CT molecular complexity index is 813. The smallest absolute Gasteiger partial charge is 0.360 e. The first kappa shape index (κ1) is 16.7. The van der Waals surface area contributed by atoms with Gasteiger partial charge in [-0.2, -0.15) is 5.10 Å². The molecule has 0 aliphatic rings. The van der Waals surface area contributed by atoms with Gasteiger partial charge in [-0.25, -0.2) is 23.0 Å². The zero-order valence-corrected chi connectivity index (χ0v) is 14.3. The fraction of sp³-hybridized carbons (Fsp3) is 0.231. The SMILES string of the molecule is CCOC(=O)c1nn(-c2ccc(S(N)(=O)=O)cc2)c(C)c1Br. The summed E-state index contributed by atoms with van der Waals surface area (Å²) in [6.45, 7) is 3.73. The minimum atomic E-state index is -3.75. The third kappa shape index (κ3) is 3.21. The molecule has 1 aromatic heterocycles. The van der Waals surface area contributed by atoms with Gasteiger partial charge in [-0.3, -0.25) is 0 Å². The number of hydrogen-bond acceptors (Lipinski definition) is 5. The fourth-order valence-electron chi connectivity index (χ4n) is 1.84. The second-order valence-electron chi connectivity index (χ2n) is 4.42. The van der Waals surface area contributed by atoms with Crippen molar-refractivity contribution in [2.24, 2.45) is 5.14 Å². The van der Waals surface area contributed by atoms with Crippen molar-refractivity contribution in [1.29, 1.82) is 0 Å². The first-order chi connectivity index (χ1) is 10.3. The van der Waals surface area contributed by atoms with Crippen LogP contribution < -0.4 is 5.14 Å². The Morgan fingerprint density at radius 2 is 1.95 bits per heavy atom. The minimum Gasteiger partial charge on any atom is -0.461 e. The highest BCUT2D eigenvalue weighted by molar-refractivity contribution is 9.10. The number of benzene rings is 1. The lowest BCUT2D eigenvalue weighted by molar-refractivity contribution is 0.0518. The van der Waals surface area contributed by atoms with E-state index in [4.69, 9.17) is 9.88 Å². The second-order valence-corrected chi connectivity index (χ2v) is 6.77. The van der Waals surface area contributed by atoms with Gasteiger partial charge in [0.05, 0.1) is 27.4 Å². The molecule has 0 bridgehead atoms. The number of carbonyl (C=O) groups is 1. The number of halogens is 1. The highest BCUT2D eigenvalue weighted by Gasteiger charge is 2.21. The molecule has 0 unspecified atom stereocenters. The molecule has 0 aliphatic heterocycles. The molecular weight excluding hydrogens is 374 g/mol. The van der Waals surface area contributed by atoms with Crippen LogP contribution in [0.3, 0.4) is 0 Å². The van der Waals surface area contributed by atoms with E-state index in [2.05, 4.69) is 21.0 Å². The van der Waals surface area contributed by atoms with Gasteiger partial charge in [0.2, 0.25) is 10.0 Å². The minimum absolute atomic E-state index is 0.00532. The predicted molar refractivity (Wildman–Crippen MR) is 83.3 cm³/mol. The van der Waals surface area contributed by atoms with Crippen molar-refractivity contribution < 1.29 is 17.9 Å². The number of nitrogens with zero attached hydrogens (tertiary/aromatic N) is 2. The van der Waals surface area contributed by atoms with E-state index in [0.29, 0.717) is 15.9 Å². The normalized spacial score (nSPS) is 11.5. The van der Waals surface area contributed by atoms with Crippen molar-refractivity contribution in [1.82, 2.24) is 9.78 Å². The van der Waals surface area contributed by atoms with Gasteiger partial charge in [-0.05, 0) is 54.0 Å². The lowest BCUT2D eigenvalue weighted by Crippen LogP contribution is -2.12.